The largest absolute Gasteiger partial charge is 0.481 e. The summed E-state index contributed by atoms with van der Waals surface area (Å²) in [6.45, 7) is 11.7. The van der Waals surface area contributed by atoms with E-state index in [0.717, 1.165) is 5.69 Å². The Morgan fingerprint density at radius 1 is 0.625 bits per heavy atom. The highest BCUT2D eigenvalue weighted by Gasteiger charge is 2.30. The number of nitrogens with zero attached hydrogens (tertiary/aromatic N) is 2. The molecule has 0 bridgehead atoms. The van der Waals surface area contributed by atoms with Crippen molar-refractivity contribution in [3.8, 4) is 0 Å². The van der Waals surface area contributed by atoms with Crippen molar-refractivity contribution in [2.24, 2.45) is 21.9 Å². The van der Waals surface area contributed by atoms with Crippen molar-refractivity contribution in [2.45, 2.75) is 64.5 Å². The minimum atomic E-state index is -1.47. The van der Waals surface area contributed by atoms with E-state index >= 15 is 0 Å². The molecular formula is C43H67N7O14. The number of carboxylic acids is 2. The summed E-state index contributed by atoms with van der Waals surface area (Å²) in [5.74, 6) is -4.20. The monoisotopic (exact) mass is 905 g/mol. The molecule has 0 saturated carbocycles. The van der Waals surface area contributed by atoms with E-state index < -0.39 is 35.6 Å². The number of carboxylic acid groups (broad SMARTS) is 2. The number of nitrogens with one attached hydrogen (secondary N) is 4. The fourth-order valence-corrected chi connectivity index (χ4v) is 5.35. The van der Waals surface area contributed by atoms with Gasteiger partial charge in [-0.2, -0.15) is 10.2 Å². The second-order valence-electron chi connectivity index (χ2n) is 15.0. The normalized spacial score (nSPS) is 12.4. The molecule has 0 unspecified atom stereocenters. The van der Waals surface area contributed by atoms with Crippen LogP contribution < -0.4 is 27.0 Å². The molecular weight excluding hydrogens is 839 g/mol. The summed E-state index contributed by atoms with van der Waals surface area (Å²) in [6, 6.07) is 12.5. The molecule has 2 aromatic carbocycles. The van der Waals surface area contributed by atoms with Crippen LogP contribution in [-0.2, 0) is 52.3 Å². The third-order valence-electron chi connectivity index (χ3n) is 8.49. The third-order valence-corrected chi connectivity index (χ3v) is 8.49. The van der Waals surface area contributed by atoms with Crippen molar-refractivity contribution in [1.82, 2.24) is 10.6 Å². The summed E-state index contributed by atoms with van der Waals surface area (Å²) in [4.78, 5) is 60.2. The van der Waals surface area contributed by atoms with Gasteiger partial charge >= 0.3 is 18.0 Å². The first-order valence-electron chi connectivity index (χ1n) is 21.3. The highest BCUT2D eigenvalue weighted by atomic mass is 16.6. The molecule has 3 amide bonds. The number of rotatable bonds is 36. The van der Waals surface area contributed by atoms with Crippen molar-refractivity contribution in [3.05, 3.63) is 48.5 Å². The van der Waals surface area contributed by atoms with E-state index in [1.54, 1.807) is 57.2 Å². The van der Waals surface area contributed by atoms with Crippen LogP contribution in [0.4, 0.5) is 27.5 Å². The van der Waals surface area contributed by atoms with Gasteiger partial charge in [-0.15, -0.1) is 0 Å². The Bertz CT molecular complexity index is 1660. The van der Waals surface area contributed by atoms with Gasteiger partial charge < -0.3 is 70.4 Å². The van der Waals surface area contributed by atoms with E-state index in [-0.39, 0.29) is 50.5 Å². The molecule has 0 aliphatic carbocycles. The second kappa shape index (κ2) is 33.3. The molecule has 21 nitrogen and oxygen atoms in total. The molecule has 2 atom stereocenters. The molecule has 0 heterocycles. The lowest BCUT2D eigenvalue weighted by Crippen LogP contribution is -2.45. The third kappa shape index (κ3) is 28.4. The fraction of sp³-hybridized carbons (Fsp3) is 0.605. The molecule has 0 spiro atoms. The summed E-state index contributed by atoms with van der Waals surface area (Å²) in [6.07, 6.45) is -0.901. The second-order valence-corrected chi connectivity index (χ2v) is 15.0. The van der Waals surface area contributed by atoms with Crippen LogP contribution in [0.2, 0.25) is 0 Å². The van der Waals surface area contributed by atoms with E-state index in [1.807, 2.05) is 12.1 Å². The van der Waals surface area contributed by atoms with Gasteiger partial charge in [0.2, 0.25) is 11.8 Å². The Morgan fingerprint density at radius 3 is 1.58 bits per heavy atom. The Morgan fingerprint density at radius 2 is 1.11 bits per heavy atom. The van der Waals surface area contributed by atoms with E-state index in [9.17, 15) is 34.2 Å². The predicted molar refractivity (Wildman–Crippen MR) is 236 cm³/mol. The number of anilines is 2. The molecule has 2 aromatic rings. The van der Waals surface area contributed by atoms with Crippen LogP contribution in [-0.4, -0.2) is 151 Å². The highest BCUT2D eigenvalue weighted by Crippen LogP contribution is 2.23. The fourth-order valence-electron chi connectivity index (χ4n) is 5.35. The van der Waals surface area contributed by atoms with Crippen LogP contribution in [0.15, 0.2) is 58.8 Å². The summed E-state index contributed by atoms with van der Waals surface area (Å²) >= 11 is 0. The highest BCUT2D eigenvalue weighted by molar-refractivity contribution is 5.90. The average Bonchev–Trinajstić information content (AvgIpc) is 3.24. The maximum atomic E-state index is 12.5. The number of carbonyl (C=O) groups excluding carboxylic acids is 3. The van der Waals surface area contributed by atoms with Crippen molar-refractivity contribution < 1.29 is 67.3 Å². The molecule has 0 saturated heterocycles. The zero-order valence-corrected chi connectivity index (χ0v) is 37.2. The van der Waals surface area contributed by atoms with Gasteiger partial charge in [-0.1, -0.05) is 0 Å². The van der Waals surface area contributed by atoms with E-state index in [4.69, 9.17) is 38.9 Å². The van der Waals surface area contributed by atoms with E-state index in [2.05, 4.69) is 31.5 Å². The first-order valence-corrected chi connectivity index (χ1v) is 21.3. The lowest BCUT2D eigenvalue weighted by Gasteiger charge is -2.23. The number of nitrogens with two attached hydrogens (primary N) is 1. The van der Waals surface area contributed by atoms with E-state index in [1.165, 1.54) is 0 Å². The Kier molecular flexibility index (Phi) is 28.5. The number of alkyl carbamates (subject to hydrolysis) is 1. The molecule has 0 radical (unpaired) electrons. The van der Waals surface area contributed by atoms with Crippen molar-refractivity contribution in [2.75, 3.05) is 110 Å². The van der Waals surface area contributed by atoms with Crippen LogP contribution in [0.25, 0.3) is 0 Å². The molecule has 64 heavy (non-hydrogen) atoms. The Labute approximate surface area is 374 Å². The standard InChI is InChI=1S/C43H67N7O14/c1-43(2,3)64-42(57)48-37(41(55)56)31-32(40(53)54)5-4-6-39(52)47-34-9-13-36(14-10-34)50-49-35-11-7-33(8-12-35)45-17-18-46-38(51)15-19-58-21-23-60-25-27-62-29-30-63-28-26-61-24-22-59-20-16-44/h7-14,32,37,45H,4-6,15-31,44H2,1-3H3,(H,46,51)(H,47,52)(H,48,57)(H,53,54)(H,55,56)/t32-,37-/m0/s1. The van der Waals surface area contributed by atoms with Gasteiger partial charge in [-0.25, -0.2) is 9.59 Å². The quantitative estimate of drug-likeness (QED) is 0.0371. The van der Waals surface area contributed by atoms with Crippen LogP contribution in [0.5, 0.6) is 0 Å². The molecule has 0 aliphatic rings. The van der Waals surface area contributed by atoms with Crippen molar-refractivity contribution in [1.29, 1.82) is 0 Å². The van der Waals surface area contributed by atoms with Gasteiger partial charge in [-0.05, 0) is 88.6 Å². The number of benzene rings is 2. The topological polar surface area (TPSA) is 289 Å². The number of azo groups is 1. The van der Waals surface area contributed by atoms with Crippen molar-refractivity contribution >= 4 is 52.6 Å². The molecule has 0 aliphatic heterocycles. The van der Waals surface area contributed by atoms with Gasteiger partial charge in [0.05, 0.1) is 96.6 Å². The van der Waals surface area contributed by atoms with Crippen LogP contribution in [0.1, 0.15) is 52.9 Å². The number of ether oxygens (including phenoxy) is 7. The minimum Gasteiger partial charge on any atom is -0.481 e. The summed E-state index contributed by atoms with van der Waals surface area (Å²) in [5, 5.41) is 38.7. The summed E-state index contributed by atoms with van der Waals surface area (Å²) in [7, 11) is 0. The number of hydrogen-bond acceptors (Lipinski definition) is 16. The smallest absolute Gasteiger partial charge is 0.408 e. The SMILES string of the molecule is CC(C)(C)OC(=O)N[C@@H](C[C@H](CCCC(=O)Nc1ccc(N=Nc2ccc(NCCNC(=O)CCOCCOCCOCCOCCOCCOCCN)cc2)cc1)C(=O)O)C(=O)O. The lowest BCUT2D eigenvalue weighted by molar-refractivity contribution is -0.144. The number of aliphatic carboxylic acids is 2. The number of amides is 3. The molecule has 21 heteroatoms. The summed E-state index contributed by atoms with van der Waals surface area (Å²) in [5.41, 5.74) is 6.99. The zero-order valence-electron chi connectivity index (χ0n) is 37.2. The molecule has 358 valence electrons. The van der Waals surface area contributed by atoms with Gasteiger partial charge in [0, 0.05) is 43.9 Å². The van der Waals surface area contributed by atoms with Gasteiger partial charge in [-0.3, -0.25) is 14.4 Å². The molecule has 2 rings (SSSR count). The number of carbonyl (C=O) groups is 5. The van der Waals surface area contributed by atoms with Crippen LogP contribution in [0.3, 0.4) is 0 Å². The van der Waals surface area contributed by atoms with Crippen molar-refractivity contribution in [3.63, 3.8) is 0 Å². The zero-order chi connectivity index (χ0) is 46.8. The molecule has 8 N–H and O–H groups in total. The number of hydrogen-bond donors (Lipinski definition) is 7. The lowest BCUT2D eigenvalue weighted by atomic mass is 9.94. The van der Waals surface area contributed by atoms with Gasteiger partial charge in [0.25, 0.3) is 0 Å². The average molecular weight is 906 g/mol. The Hall–Kier alpha value is -5.29. The maximum Gasteiger partial charge on any atom is 0.408 e. The van der Waals surface area contributed by atoms with Crippen LogP contribution >= 0.6 is 0 Å². The molecule has 0 fully saturated rings. The first kappa shape index (κ1) is 54.8. The Balaban J connectivity index is 1.53. The minimum absolute atomic E-state index is 0.00216. The maximum absolute atomic E-state index is 12.5. The van der Waals surface area contributed by atoms with Gasteiger partial charge in [0.15, 0.2) is 0 Å². The molecule has 0 aromatic heterocycles. The van der Waals surface area contributed by atoms with Crippen LogP contribution in [0, 0.1) is 5.92 Å². The van der Waals surface area contributed by atoms with Gasteiger partial charge in [0.1, 0.15) is 11.6 Å². The summed E-state index contributed by atoms with van der Waals surface area (Å²) < 4.78 is 37.5. The first-order chi connectivity index (χ1) is 30.8. The van der Waals surface area contributed by atoms with E-state index in [0.29, 0.717) is 109 Å². The predicted octanol–water partition coefficient (Wildman–Crippen LogP) is 4.26.